The average molecular weight is 351 g/mol. The smallest absolute Gasteiger partial charge is 0.191 e. The third-order valence-corrected chi connectivity index (χ3v) is 3.17. The van der Waals surface area contributed by atoms with Crippen molar-refractivity contribution in [3.8, 4) is 0 Å². The Hall–Kier alpha value is -0.300. The molecule has 2 fully saturated rings. The summed E-state index contributed by atoms with van der Waals surface area (Å²) in [6.07, 6.45) is 5.73. The Morgan fingerprint density at radius 1 is 1.47 bits per heavy atom. The minimum Gasteiger partial charge on any atom is -0.374 e. The maximum absolute atomic E-state index is 5.56. The Morgan fingerprint density at radius 3 is 2.82 bits per heavy atom. The number of hydrogen-bond acceptors (Lipinski definition) is 2. The Morgan fingerprint density at radius 2 is 2.24 bits per heavy atom. The molecule has 2 atom stereocenters. The summed E-state index contributed by atoms with van der Waals surface area (Å²) in [6.45, 7) is 5.55. The molecule has 1 saturated carbocycles. The third kappa shape index (κ3) is 4.46. The van der Waals surface area contributed by atoms with Gasteiger partial charge in [0.25, 0.3) is 0 Å². The van der Waals surface area contributed by atoms with Crippen molar-refractivity contribution < 1.29 is 4.74 Å². The van der Waals surface area contributed by atoms with Gasteiger partial charge in [-0.05, 0) is 19.3 Å². The van der Waals surface area contributed by atoms with Crippen LogP contribution in [-0.4, -0.2) is 38.3 Å². The zero-order chi connectivity index (χ0) is 11.4. The number of nitrogens with one attached hydrogen (secondary N) is 2. The fraction of sp³-hybridized carbons (Fsp3) is 0.750. The predicted octanol–water partition coefficient (Wildman–Crippen LogP) is 1.52. The number of rotatable bonds is 4. The van der Waals surface area contributed by atoms with Gasteiger partial charge in [0.2, 0.25) is 0 Å². The van der Waals surface area contributed by atoms with Crippen LogP contribution in [0, 0.1) is 5.92 Å². The second-order valence-electron chi connectivity index (χ2n) is 4.49. The molecule has 4 nitrogen and oxygen atoms in total. The van der Waals surface area contributed by atoms with Crippen molar-refractivity contribution in [2.45, 2.75) is 31.4 Å². The first kappa shape index (κ1) is 14.8. The molecule has 17 heavy (non-hydrogen) atoms. The summed E-state index contributed by atoms with van der Waals surface area (Å²) in [7, 11) is 1.81. The van der Waals surface area contributed by atoms with Crippen molar-refractivity contribution in [3.63, 3.8) is 0 Å². The van der Waals surface area contributed by atoms with E-state index in [1.54, 1.807) is 0 Å². The number of nitrogens with zero attached hydrogens (tertiary/aromatic N) is 1. The van der Waals surface area contributed by atoms with E-state index in [2.05, 4.69) is 22.2 Å². The summed E-state index contributed by atoms with van der Waals surface area (Å²) in [6, 6.07) is 0.640. The van der Waals surface area contributed by atoms with Crippen LogP contribution in [0.2, 0.25) is 0 Å². The molecule has 0 unspecified atom stereocenters. The standard InChI is InChI=1S/C12H21N3O.HI/c1-3-11-9(6-7-16-11)8-14-12(13-2)15-10-4-5-10;/h3,9-11H,1,4-8H2,2H3,(H2,13,14,15);1H/t9-,11-;/m0./s1. The van der Waals surface area contributed by atoms with Crippen molar-refractivity contribution in [1.29, 1.82) is 0 Å². The van der Waals surface area contributed by atoms with Crippen LogP contribution in [0.25, 0.3) is 0 Å². The minimum absolute atomic E-state index is 0. The van der Waals surface area contributed by atoms with Crippen LogP contribution in [0.4, 0.5) is 0 Å². The summed E-state index contributed by atoms with van der Waals surface area (Å²) in [5.41, 5.74) is 0. The van der Waals surface area contributed by atoms with E-state index < -0.39 is 0 Å². The molecule has 1 aliphatic heterocycles. The second-order valence-corrected chi connectivity index (χ2v) is 4.49. The van der Waals surface area contributed by atoms with Crippen molar-refractivity contribution in [2.75, 3.05) is 20.2 Å². The lowest BCUT2D eigenvalue weighted by atomic mass is 10.0. The van der Waals surface area contributed by atoms with Gasteiger partial charge in [0.05, 0.1) is 6.10 Å². The molecule has 0 aromatic carbocycles. The molecule has 0 spiro atoms. The van der Waals surface area contributed by atoms with Gasteiger partial charge < -0.3 is 15.4 Å². The van der Waals surface area contributed by atoms with Gasteiger partial charge in [-0.25, -0.2) is 0 Å². The van der Waals surface area contributed by atoms with Gasteiger partial charge in [0.15, 0.2) is 5.96 Å². The van der Waals surface area contributed by atoms with Crippen molar-refractivity contribution >= 4 is 29.9 Å². The van der Waals surface area contributed by atoms with Gasteiger partial charge in [-0.15, -0.1) is 30.6 Å². The molecule has 0 amide bonds. The molecule has 2 aliphatic rings. The van der Waals surface area contributed by atoms with E-state index in [9.17, 15) is 0 Å². The first-order chi connectivity index (χ1) is 7.83. The quantitative estimate of drug-likeness (QED) is 0.350. The largest absolute Gasteiger partial charge is 0.374 e. The molecule has 2 rings (SSSR count). The van der Waals surface area contributed by atoms with Crippen LogP contribution < -0.4 is 10.6 Å². The maximum Gasteiger partial charge on any atom is 0.191 e. The van der Waals surface area contributed by atoms with E-state index in [4.69, 9.17) is 4.74 Å². The highest BCUT2D eigenvalue weighted by molar-refractivity contribution is 14.0. The topological polar surface area (TPSA) is 45.6 Å². The summed E-state index contributed by atoms with van der Waals surface area (Å²) in [5.74, 6) is 1.44. The second kappa shape index (κ2) is 7.20. The van der Waals surface area contributed by atoms with Crippen LogP contribution in [0.15, 0.2) is 17.6 Å². The SMILES string of the molecule is C=C[C@@H]1OCC[C@H]1CNC(=NC)NC1CC1.I. The first-order valence-corrected chi connectivity index (χ1v) is 6.05. The zero-order valence-corrected chi connectivity index (χ0v) is 12.6. The van der Waals surface area contributed by atoms with Gasteiger partial charge in [-0.2, -0.15) is 0 Å². The Bertz CT molecular complexity index is 279. The highest BCUT2D eigenvalue weighted by atomic mass is 127. The molecule has 1 heterocycles. The van der Waals surface area contributed by atoms with Crippen LogP contribution in [0.1, 0.15) is 19.3 Å². The normalized spacial score (nSPS) is 28.4. The lowest BCUT2D eigenvalue weighted by Crippen LogP contribution is -2.41. The fourth-order valence-corrected chi connectivity index (χ4v) is 1.98. The summed E-state index contributed by atoms with van der Waals surface area (Å²) in [5, 5.41) is 6.73. The van der Waals surface area contributed by atoms with Gasteiger partial charge in [0, 0.05) is 32.2 Å². The van der Waals surface area contributed by atoms with E-state index in [1.165, 1.54) is 12.8 Å². The highest BCUT2D eigenvalue weighted by Gasteiger charge is 2.26. The molecular formula is C12H22IN3O. The van der Waals surface area contributed by atoms with Gasteiger partial charge in [0.1, 0.15) is 0 Å². The number of guanidine groups is 1. The molecule has 5 heteroatoms. The van der Waals surface area contributed by atoms with Crippen molar-refractivity contribution in [1.82, 2.24) is 10.6 Å². The summed E-state index contributed by atoms with van der Waals surface area (Å²) < 4.78 is 5.56. The molecule has 0 aromatic heterocycles. The monoisotopic (exact) mass is 351 g/mol. The third-order valence-electron chi connectivity index (χ3n) is 3.17. The predicted molar refractivity (Wildman–Crippen MR) is 81.0 cm³/mol. The molecule has 98 valence electrons. The molecule has 1 aliphatic carbocycles. The Kier molecular flexibility index (Phi) is 6.26. The number of ether oxygens (including phenoxy) is 1. The molecular weight excluding hydrogens is 329 g/mol. The molecule has 2 N–H and O–H groups in total. The van der Waals surface area contributed by atoms with Crippen LogP contribution in [-0.2, 0) is 4.74 Å². The van der Waals surface area contributed by atoms with E-state index >= 15 is 0 Å². The van der Waals surface area contributed by atoms with Gasteiger partial charge in [-0.1, -0.05) is 6.08 Å². The molecule has 0 radical (unpaired) electrons. The number of aliphatic imine (C=N–C) groups is 1. The van der Waals surface area contributed by atoms with Gasteiger partial charge >= 0.3 is 0 Å². The Labute approximate surface area is 120 Å². The first-order valence-electron chi connectivity index (χ1n) is 6.05. The van der Waals surface area contributed by atoms with E-state index in [0.717, 1.165) is 25.5 Å². The van der Waals surface area contributed by atoms with Crippen LogP contribution >= 0.6 is 24.0 Å². The molecule has 1 saturated heterocycles. The zero-order valence-electron chi connectivity index (χ0n) is 10.3. The minimum atomic E-state index is 0. The maximum atomic E-state index is 5.56. The van der Waals surface area contributed by atoms with E-state index in [-0.39, 0.29) is 30.1 Å². The van der Waals surface area contributed by atoms with Crippen molar-refractivity contribution in [2.24, 2.45) is 10.9 Å². The fourth-order valence-electron chi connectivity index (χ4n) is 1.98. The van der Waals surface area contributed by atoms with Crippen LogP contribution in [0.5, 0.6) is 0 Å². The molecule has 0 aromatic rings. The van der Waals surface area contributed by atoms with Crippen LogP contribution in [0.3, 0.4) is 0 Å². The summed E-state index contributed by atoms with van der Waals surface area (Å²) in [4.78, 5) is 4.21. The number of hydrogen-bond donors (Lipinski definition) is 2. The Balaban J connectivity index is 0.00000144. The lowest BCUT2D eigenvalue weighted by molar-refractivity contribution is 0.128. The van der Waals surface area contributed by atoms with Gasteiger partial charge in [-0.3, -0.25) is 4.99 Å². The average Bonchev–Trinajstić information content (AvgIpc) is 3.00. The van der Waals surface area contributed by atoms with E-state index in [0.29, 0.717) is 12.0 Å². The van der Waals surface area contributed by atoms with Crippen molar-refractivity contribution in [3.05, 3.63) is 12.7 Å². The summed E-state index contributed by atoms with van der Waals surface area (Å²) >= 11 is 0. The molecule has 0 bridgehead atoms. The lowest BCUT2D eigenvalue weighted by Gasteiger charge is -2.17. The number of halogens is 1. The highest BCUT2D eigenvalue weighted by Crippen LogP contribution is 2.21. The van der Waals surface area contributed by atoms with E-state index in [1.807, 2.05) is 13.1 Å².